The molecular weight excluding hydrogens is 248 g/mol. The van der Waals surface area contributed by atoms with Crippen molar-refractivity contribution >= 4 is 11.6 Å². The van der Waals surface area contributed by atoms with Crippen LogP contribution in [0.3, 0.4) is 0 Å². The second-order valence-electron chi connectivity index (χ2n) is 5.34. The van der Waals surface area contributed by atoms with Gasteiger partial charge in [-0.1, -0.05) is 63.8 Å². The Morgan fingerprint density at radius 1 is 0.700 bits per heavy atom. The predicted octanol–water partition coefficient (Wildman–Crippen LogP) is 5.21. The molecule has 1 aromatic rings. The molecule has 0 heterocycles. The van der Waals surface area contributed by atoms with E-state index >= 15 is 0 Å². The molecule has 0 saturated carbocycles. The largest absolute Gasteiger partial charge is 0.294 e. The lowest BCUT2D eigenvalue weighted by Gasteiger charge is -2.03. The highest BCUT2D eigenvalue weighted by Gasteiger charge is 2.08. The Hall–Kier alpha value is -1.44. The van der Waals surface area contributed by atoms with E-state index in [-0.39, 0.29) is 11.6 Å². The van der Waals surface area contributed by atoms with E-state index in [9.17, 15) is 9.59 Å². The summed E-state index contributed by atoms with van der Waals surface area (Å²) in [5.74, 6) is 0.367. The Bertz CT molecular complexity index is 377. The lowest BCUT2D eigenvalue weighted by molar-refractivity contribution is 0.0967. The van der Waals surface area contributed by atoms with Crippen molar-refractivity contribution in [3.63, 3.8) is 0 Å². The molecule has 0 radical (unpaired) electrons. The maximum absolute atomic E-state index is 11.9. The van der Waals surface area contributed by atoms with Gasteiger partial charge < -0.3 is 0 Å². The van der Waals surface area contributed by atoms with Crippen molar-refractivity contribution in [3.8, 4) is 0 Å². The predicted molar refractivity (Wildman–Crippen MR) is 83.4 cm³/mol. The minimum Gasteiger partial charge on any atom is -0.294 e. The zero-order valence-electron chi connectivity index (χ0n) is 12.8. The number of hydrogen-bond acceptors (Lipinski definition) is 2. The van der Waals surface area contributed by atoms with Gasteiger partial charge in [0.05, 0.1) is 0 Å². The Morgan fingerprint density at radius 2 is 1.05 bits per heavy atom. The van der Waals surface area contributed by atoms with Gasteiger partial charge in [0.15, 0.2) is 11.6 Å². The minimum absolute atomic E-state index is 0.184. The monoisotopic (exact) mass is 274 g/mol. The van der Waals surface area contributed by atoms with Crippen molar-refractivity contribution in [1.29, 1.82) is 0 Å². The van der Waals surface area contributed by atoms with Crippen LogP contribution in [0.25, 0.3) is 0 Å². The van der Waals surface area contributed by atoms with Crippen LogP contribution in [-0.2, 0) is 0 Å². The van der Waals surface area contributed by atoms with E-state index in [2.05, 4.69) is 13.8 Å². The van der Waals surface area contributed by atoms with Gasteiger partial charge in [0.2, 0.25) is 0 Å². The number of carbonyl (C=O) groups is 2. The second-order valence-corrected chi connectivity index (χ2v) is 5.34. The molecule has 0 aliphatic rings. The molecule has 110 valence electrons. The van der Waals surface area contributed by atoms with Crippen molar-refractivity contribution in [2.24, 2.45) is 0 Å². The van der Waals surface area contributed by atoms with Crippen molar-refractivity contribution in [2.45, 2.75) is 65.2 Å². The highest BCUT2D eigenvalue weighted by atomic mass is 16.1. The van der Waals surface area contributed by atoms with Crippen LogP contribution in [0.5, 0.6) is 0 Å². The van der Waals surface area contributed by atoms with E-state index in [0.717, 1.165) is 49.7 Å². The molecule has 1 rings (SSSR count). The van der Waals surface area contributed by atoms with Gasteiger partial charge in [-0.25, -0.2) is 0 Å². The molecule has 0 unspecified atom stereocenters. The van der Waals surface area contributed by atoms with Gasteiger partial charge in [-0.15, -0.1) is 0 Å². The minimum atomic E-state index is 0.184. The van der Waals surface area contributed by atoms with Crippen molar-refractivity contribution in [1.82, 2.24) is 0 Å². The van der Waals surface area contributed by atoms with E-state index in [4.69, 9.17) is 0 Å². The maximum atomic E-state index is 11.9. The van der Waals surface area contributed by atoms with Gasteiger partial charge in [-0.2, -0.15) is 0 Å². The normalized spacial score (nSPS) is 10.5. The summed E-state index contributed by atoms with van der Waals surface area (Å²) in [6.07, 6.45) is 7.56. The molecule has 0 aliphatic heterocycles. The van der Waals surface area contributed by atoms with Crippen LogP contribution in [0, 0.1) is 0 Å². The van der Waals surface area contributed by atoms with Gasteiger partial charge in [-0.05, 0) is 12.8 Å². The van der Waals surface area contributed by atoms with Crippen LogP contribution in [0.15, 0.2) is 24.3 Å². The van der Waals surface area contributed by atoms with Gasteiger partial charge in [-0.3, -0.25) is 9.59 Å². The average molecular weight is 274 g/mol. The first-order chi connectivity index (χ1) is 9.69. The highest BCUT2D eigenvalue weighted by Crippen LogP contribution is 2.12. The number of unbranched alkanes of at least 4 members (excludes halogenated alkanes) is 4. The number of Topliss-reactive ketones (excluding diaryl/α,β-unsaturated/α-hetero) is 2. The second kappa shape index (κ2) is 9.46. The molecule has 0 saturated heterocycles. The van der Waals surface area contributed by atoms with Crippen LogP contribution in [0.4, 0.5) is 0 Å². The molecule has 0 aliphatic carbocycles. The summed E-state index contributed by atoms with van der Waals surface area (Å²) < 4.78 is 0. The topological polar surface area (TPSA) is 34.1 Å². The molecule has 0 bridgehead atoms. The highest BCUT2D eigenvalue weighted by molar-refractivity contribution is 5.99. The van der Waals surface area contributed by atoms with Gasteiger partial charge >= 0.3 is 0 Å². The molecule has 0 fully saturated rings. The first-order valence-electron chi connectivity index (χ1n) is 7.85. The summed E-state index contributed by atoms with van der Waals surface area (Å²) >= 11 is 0. The smallest absolute Gasteiger partial charge is 0.162 e. The molecule has 0 atom stereocenters. The van der Waals surface area contributed by atoms with Crippen LogP contribution < -0.4 is 0 Å². The molecule has 0 aromatic heterocycles. The van der Waals surface area contributed by atoms with Gasteiger partial charge in [0.25, 0.3) is 0 Å². The first kappa shape index (κ1) is 16.6. The number of carbonyl (C=O) groups excluding carboxylic acids is 2. The summed E-state index contributed by atoms with van der Waals surface area (Å²) in [5.41, 5.74) is 1.46. The molecule has 0 N–H and O–H groups in total. The van der Waals surface area contributed by atoms with Crippen molar-refractivity contribution in [3.05, 3.63) is 35.4 Å². The number of ketones is 2. The molecular formula is C18H26O2. The molecule has 1 aromatic carbocycles. The van der Waals surface area contributed by atoms with Crippen LogP contribution in [-0.4, -0.2) is 11.6 Å². The van der Waals surface area contributed by atoms with Crippen molar-refractivity contribution in [2.75, 3.05) is 0 Å². The van der Waals surface area contributed by atoms with Crippen molar-refractivity contribution < 1.29 is 9.59 Å². The van der Waals surface area contributed by atoms with Crippen LogP contribution >= 0.6 is 0 Å². The van der Waals surface area contributed by atoms with E-state index in [1.165, 1.54) is 0 Å². The molecule has 0 spiro atoms. The molecule has 0 amide bonds. The Kier molecular flexibility index (Phi) is 7.86. The van der Waals surface area contributed by atoms with E-state index in [1.807, 2.05) is 0 Å². The molecule has 2 nitrogen and oxygen atoms in total. The first-order valence-corrected chi connectivity index (χ1v) is 7.85. The molecule has 2 heteroatoms. The maximum Gasteiger partial charge on any atom is 0.162 e. The summed E-state index contributed by atoms with van der Waals surface area (Å²) in [6.45, 7) is 4.26. The lowest BCUT2D eigenvalue weighted by atomic mass is 10.00. The third-order valence-corrected chi connectivity index (χ3v) is 3.54. The summed E-state index contributed by atoms with van der Waals surface area (Å²) in [4.78, 5) is 23.9. The summed E-state index contributed by atoms with van der Waals surface area (Å²) in [7, 11) is 0. The third kappa shape index (κ3) is 5.68. The van der Waals surface area contributed by atoms with Gasteiger partial charge in [0.1, 0.15) is 0 Å². The van der Waals surface area contributed by atoms with E-state index < -0.39 is 0 Å². The third-order valence-electron chi connectivity index (χ3n) is 3.54. The van der Waals surface area contributed by atoms with Crippen LogP contribution in [0.1, 0.15) is 85.9 Å². The average Bonchev–Trinajstić information content (AvgIpc) is 2.47. The lowest BCUT2D eigenvalue weighted by Crippen LogP contribution is -2.02. The fourth-order valence-corrected chi connectivity index (χ4v) is 2.20. The fraction of sp³-hybridized carbons (Fsp3) is 0.556. The number of rotatable bonds is 10. The Balaban J connectivity index is 2.50. The molecule has 20 heavy (non-hydrogen) atoms. The van der Waals surface area contributed by atoms with Gasteiger partial charge in [0, 0.05) is 24.0 Å². The quantitative estimate of drug-likeness (QED) is 0.433. The zero-order chi connectivity index (χ0) is 14.8. The summed E-state index contributed by atoms with van der Waals surface area (Å²) in [6, 6.07) is 7.17. The zero-order valence-corrected chi connectivity index (χ0v) is 12.8. The SMILES string of the molecule is CCCCCC(=O)c1ccc(C(=O)CCCCC)cc1. The van der Waals surface area contributed by atoms with E-state index in [1.54, 1.807) is 24.3 Å². The number of benzene rings is 1. The summed E-state index contributed by atoms with van der Waals surface area (Å²) in [5, 5.41) is 0. The Morgan fingerprint density at radius 3 is 1.35 bits per heavy atom. The number of hydrogen-bond donors (Lipinski definition) is 0. The standard InChI is InChI=1S/C18H26O2/c1-3-5-7-9-17(19)15-11-13-16(14-12-15)18(20)10-8-6-4-2/h11-14H,3-10H2,1-2H3. The van der Waals surface area contributed by atoms with Crippen LogP contribution in [0.2, 0.25) is 0 Å². The Labute approximate surface area is 122 Å². The van der Waals surface area contributed by atoms with E-state index in [0.29, 0.717) is 12.8 Å². The fourth-order valence-electron chi connectivity index (χ4n) is 2.20.